The van der Waals surface area contributed by atoms with E-state index < -0.39 is 10.3 Å². The molecule has 0 bridgehead atoms. The van der Waals surface area contributed by atoms with Gasteiger partial charge in [0.1, 0.15) is 10.2 Å². The largest absolute Gasteiger partial charge is 0.384 e. The Balaban J connectivity index is 1.91. The van der Waals surface area contributed by atoms with Crippen molar-refractivity contribution in [2.75, 3.05) is 0 Å². The average Bonchev–Trinajstić information content (AvgIpc) is 2.94. The van der Waals surface area contributed by atoms with E-state index in [9.17, 15) is 4.79 Å². The molecular weight excluding hydrogens is 311 g/mol. The maximum Gasteiger partial charge on any atom is 0.367 e. The van der Waals surface area contributed by atoms with Crippen molar-refractivity contribution in [3.05, 3.63) is 34.9 Å². The molecule has 0 spiro atoms. The van der Waals surface area contributed by atoms with E-state index in [-0.39, 0.29) is 17.3 Å². The van der Waals surface area contributed by atoms with Crippen molar-refractivity contribution in [3.8, 4) is 0 Å². The Morgan fingerprint density at radius 2 is 2.11 bits per heavy atom. The predicted molar refractivity (Wildman–Crippen MR) is 75.7 cm³/mol. The molecule has 7 heteroatoms. The SMILES string of the molecule is N/C(CC1CC1(Cl)Cl)=N/OC(=O)c1ccccc1Cl. The predicted octanol–water partition coefficient (Wildman–Crippen LogP) is 3.35. The van der Waals surface area contributed by atoms with E-state index in [1.165, 1.54) is 0 Å². The van der Waals surface area contributed by atoms with E-state index in [1.807, 2.05) is 0 Å². The van der Waals surface area contributed by atoms with Gasteiger partial charge in [-0.1, -0.05) is 28.9 Å². The van der Waals surface area contributed by atoms with Crippen LogP contribution in [-0.2, 0) is 4.84 Å². The van der Waals surface area contributed by atoms with Crippen LogP contribution in [0.2, 0.25) is 5.02 Å². The first kappa shape index (κ1) is 14.4. The second kappa shape index (κ2) is 5.57. The van der Waals surface area contributed by atoms with Gasteiger partial charge in [-0.05, 0) is 18.6 Å². The molecule has 1 unspecified atom stereocenters. The summed E-state index contributed by atoms with van der Waals surface area (Å²) >= 11 is 17.6. The second-order valence-corrected chi connectivity index (χ2v) is 6.26. The number of carbonyl (C=O) groups excluding carboxylic acids is 1. The molecule has 0 saturated heterocycles. The number of nitrogens with two attached hydrogens (primary N) is 1. The number of benzene rings is 1. The van der Waals surface area contributed by atoms with Crippen molar-refractivity contribution in [2.45, 2.75) is 17.2 Å². The van der Waals surface area contributed by atoms with Crippen LogP contribution >= 0.6 is 34.8 Å². The lowest BCUT2D eigenvalue weighted by molar-refractivity contribution is 0.0514. The molecule has 1 atom stereocenters. The lowest BCUT2D eigenvalue weighted by Crippen LogP contribution is -2.15. The normalized spacial score (nSPS) is 21.0. The fraction of sp³-hybridized carbons (Fsp3) is 0.333. The highest BCUT2D eigenvalue weighted by molar-refractivity contribution is 6.51. The van der Waals surface area contributed by atoms with Crippen molar-refractivity contribution in [2.24, 2.45) is 16.8 Å². The number of rotatable bonds is 4. The summed E-state index contributed by atoms with van der Waals surface area (Å²) in [5, 5.41) is 3.85. The molecule has 1 aliphatic rings. The van der Waals surface area contributed by atoms with Crippen LogP contribution in [0.4, 0.5) is 0 Å². The molecule has 1 aromatic rings. The number of oxime groups is 1. The summed E-state index contributed by atoms with van der Waals surface area (Å²) in [6.07, 6.45) is 1.05. The maximum absolute atomic E-state index is 11.7. The van der Waals surface area contributed by atoms with Crippen molar-refractivity contribution in [1.82, 2.24) is 0 Å². The fourth-order valence-corrected chi connectivity index (χ4v) is 2.30. The third-order valence-electron chi connectivity index (χ3n) is 2.75. The molecule has 2 rings (SSSR count). The first-order valence-electron chi connectivity index (χ1n) is 5.56. The molecule has 1 saturated carbocycles. The molecule has 0 aliphatic heterocycles. The monoisotopic (exact) mass is 320 g/mol. The first-order valence-corrected chi connectivity index (χ1v) is 6.69. The van der Waals surface area contributed by atoms with Crippen LogP contribution in [0.3, 0.4) is 0 Å². The maximum atomic E-state index is 11.7. The molecule has 1 aromatic carbocycles. The van der Waals surface area contributed by atoms with Gasteiger partial charge in [0.05, 0.1) is 10.6 Å². The Labute approximate surface area is 125 Å². The number of nitrogens with zero attached hydrogens (tertiary/aromatic N) is 1. The quantitative estimate of drug-likeness (QED) is 0.304. The van der Waals surface area contributed by atoms with Crippen LogP contribution < -0.4 is 5.73 Å². The van der Waals surface area contributed by atoms with E-state index in [0.29, 0.717) is 17.9 Å². The summed E-state index contributed by atoms with van der Waals surface area (Å²) < 4.78 is -0.729. The van der Waals surface area contributed by atoms with Gasteiger partial charge < -0.3 is 10.6 Å². The van der Waals surface area contributed by atoms with Crippen LogP contribution in [0.15, 0.2) is 29.4 Å². The summed E-state index contributed by atoms with van der Waals surface area (Å²) in [4.78, 5) is 16.4. The Morgan fingerprint density at radius 3 is 2.68 bits per heavy atom. The molecule has 102 valence electrons. The van der Waals surface area contributed by atoms with E-state index in [1.54, 1.807) is 24.3 Å². The van der Waals surface area contributed by atoms with Crippen LogP contribution in [0.5, 0.6) is 0 Å². The standard InChI is InChI=1S/C12H11Cl3N2O2/c13-9-4-2-1-3-8(9)11(18)19-17-10(16)5-7-6-12(7,14)15/h1-4,7H,5-6H2,(H2,16,17). The van der Waals surface area contributed by atoms with Gasteiger partial charge in [0.15, 0.2) is 0 Å². The van der Waals surface area contributed by atoms with Gasteiger partial charge in [-0.2, -0.15) is 0 Å². The molecule has 0 amide bonds. The lowest BCUT2D eigenvalue weighted by Gasteiger charge is -2.02. The van der Waals surface area contributed by atoms with E-state index in [2.05, 4.69) is 5.16 Å². The third kappa shape index (κ3) is 3.75. The second-order valence-electron chi connectivity index (χ2n) is 4.31. The number of hydrogen-bond acceptors (Lipinski definition) is 3. The Bertz CT molecular complexity index is 531. The Morgan fingerprint density at radius 1 is 1.47 bits per heavy atom. The smallest absolute Gasteiger partial charge is 0.367 e. The molecule has 1 fully saturated rings. The molecule has 19 heavy (non-hydrogen) atoms. The number of alkyl halides is 2. The van der Waals surface area contributed by atoms with Gasteiger partial charge in [-0.25, -0.2) is 4.79 Å². The van der Waals surface area contributed by atoms with E-state index >= 15 is 0 Å². The van der Waals surface area contributed by atoms with Gasteiger partial charge in [0, 0.05) is 12.3 Å². The minimum Gasteiger partial charge on any atom is -0.384 e. The lowest BCUT2D eigenvalue weighted by atomic mass is 10.2. The van der Waals surface area contributed by atoms with Crippen molar-refractivity contribution in [1.29, 1.82) is 0 Å². The van der Waals surface area contributed by atoms with Crippen molar-refractivity contribution < 1.29 is 9.63 Å². The molecule has 4 nitrogen and oxygen atoms in total. The van der Waals surface area contributed by atoms with Gasteiger partial charge in [0.25, 0.3) is 0 Å². The van der Waals surface area contributed by atoms with Gasteiger partial charge >= 0.3 is 5.97 Å². The molecule has 1 aliphatic carbocycles. The van der Waals surface area contributed by atoms with E-state index in [0.717, 1.165) is 0 Å². The number of amidine groups is 1. The van der Waals surface area contributed by atoms with Gasteiger partial charge in [0.2, 0.25) is 0 Å². The Kier molecular flexibility index (Phi) is 4.23. The minimum absolute atomic E-state index is 0.0543. The Hall–Kier alpha value is -0.970. The minimum atomic E-state index is -0.729. The molecule has 2 N–H and O–H groups in total. The molecule has 0 heterocycles. The molecular formula is C12H11Cl3N2O2. The van der Waals surface area contributed by atoms with Crippen LogP contribution in [0, 0.1) is 5.92 Å². The fourth-order valence-electron chi connectivity index (χ4n) is 1.56. The topological polar surface area (TPSA) is 64.7 Å². The highest BCUT2D eigenvalue weighted by atomic mass is 35.5. The van der Waals surface area contributed by atoms with Crippen LogP contribution in [-0.4, -0.2) is 16.1 Å². The zero-order chi connectivity index (χ0) is 14.0. The average molecular weight is 322 g/mol. The number of halogens is 3. The molecule has 0 aromatic heterocycles. The number of hydrogen-bond donors (Lipinski definition) is 1. The third-order valence-corrected chi connectivity index (χ3v) is 4.01. The summed E-state index contributed by atoms with van der Waals surface area (Å²) in [6.45, 7) is 0. The van der Waals surface area contributed by atoms with Crippen LogP contribution in [0.25, 0.3) is 0 Å². The summed E-state index contributed by atoms with van der Waals surface area (Å²) in [5.74, 6) is -0.431. The summed E-state index contributed by atoms with van der Waals surface area (Å²) in [5.41, 5.74) is 5.86. The summed E-state index contributed by atoms with van der Waals surface area (Å²) in [6, 6.07) is 6.52. The highest BCUT2D eigenvalue weighted by Gasteiger charge is 2.51. The van der Waals surface area contributed by atoms with Crippen molar-refractivity contribution in [3.63, 3.8) is 0 Å². The van der Waals surface area contributed by atoms with Crippen LogP contribution in [0.1, 0.15) is 23.2 Å². The van der Waals surface area contributed by atoms with E-state index in [4.69, 9.17) is 45.4 Å². The first-order chi connectivity index (χ1) is 8.90. The zero-order valence-corrected chi connectivity index (χ0v) is 12.0. The van der Waals surface area contributed by atoms with Gasteiger partial charge in [-0.3, -0.25) is 0 Å². The van der Waals surface area contributed by atoms with Crippen molar-refractivity contribution >= 4 is 46.6 Å². The zero-order valence-electron chi connectivity index (χ0n) is 9.78. The van der Waals surface area contributed by atoms with Gasteiger partial charge in [-0.15, -0.1) is 23.2 Å². The number of carbonyl (C=O) groups is 1. The summed E-state index contributed by atoms with van der Waals surface area (Å²) in [7, 11) is 0. The highest BCUT2D eigenvalue weighted by Crippen LogP contribution is 2.54. The molecule has 0 radical (unpaired) electrons.